The smallest absolute Gasteiger partial charge is 0.137 e. The fourth-order valence-corrected chi connectivity index (χ4v) is 6.33. The van der Waals surface area contributed by atoms with Gasteiger partial charge in [0, 0.05) is 61.4 Å². The van der Waals surface area contributed by atoms with E-state index >= 15 is 0 Å². The van der Waals surface area contributed by atoms with Crippen molar-refractivity contribution in [3.8, 4) is 45.3 Å². The van der Waals surface area contributed by atoms with Gasteiger partial charge in [-0.25, -0.2) is 9.67 Å². The maximum absolute atomic E-state index is 6.48. The van der Waals surface area contributed by atoms with Gasteiger partial charge in [-0.15, -0.1) is 0 Å². The van der Waals surface area contributed by atoms with Crippen LogP contribution in [0.1, 0.15) is 11.4 Å². The molecule has 5 aromatic carbocycles. The van der Waals surface area contributed by atoms with Crippen LogP contribution in [0.4, 0.5) is 0 Å². The molecule has 0 atom stereocenters. The zero-order valence-corrected chi connectivity index (χ0v) is 27.6. The van der Waals surface area contributed by atoms with Crippen molar-refractivity contribution in [1.82, 2.24) is 19.3 Å². The molecule has 6 heteroatoms. The van der Waals surface area contributed by atoms with Crippen molar-refractivity contribution in [1.29, 1.82) is 0 Å². The summed E-state index contributed by atoms with van der Waals surface area (Å²) in [4.78, 5) is 4.65. The minimum Gasteiger partial charge on any atom is -0.457 e. The van der Waals surface area contributed by atoms with Gasteiger partial charge in [0.2, 0.25) is 0 Å². The summed E-state index contributed by atoms with van der Waals surface area (Å²) in [6, 6.07) is 47.9. The van der Waals surface area contributed by atoms with Gasteiger partial charge >= 0.3 is 0 Å². The molecule has 0 amide bonds. The Morgan fingerprint density at radius 1 is 0.565 bits per heavy atom. The number of fused-ring (bicyclic) bond motifs is 3. The Balaban J connectivity index is 0.00000338. The maximum atomic E-state index is 6.48. The van der Waals surface area contributed by atoms with E-state index < -0.39 is 0 Å². The Kier molecular flexibility index (Phi) is 7.86. The average molecular weight is 778 g/mol. The monoisotopic (exact) mass is 777 g/mol. The van der Waals surface area contributed by atoms with Crippen LogP contribution in [0, 0.1) is 13.8 Å². The number of nitrogens with zero attached hydrogens (tertiary/aromatic N) is 4. The van der Waals surface area contributed by atoms with Crippen molar-refractivity contribution in [2.24, 2.45) is 0 Å². The van der Waals surface area contributed by atoms with E-state index in [9.17, 15) is 0 Å². The fourth-order valence-electron chi connectivity index (χ4n) is 6.33. The van der Waals surface area contributed by atoms with E-state index in [4.69, 9.17) is 9.84 Å². The molecule has 0 aliphatic carbocycles. The van der Waals surface area contributed by atoms with Crippen molar-refractivity contribution in [2.75, 3.05) is 0 Å². The molecule has 8 aromatic rings. The number of benzene rings is 5. The number of ether oxygens (including phenoxy) is 1. The molecule has 0 spiro atoms. The molecular weight excluding hydrogens is 748 g/mol. The first-order valence-corrected chi connectivity index (χ1v) is 15.1. The van der Waals surface area contributed by atoms with Crippen LogP contribution in [0.25, 0.3) is 55.6 Å². The van der Waals surface area contributed by atoms with Gasteiger partial charge in [-0.1, -0.05) is 84.9 Å². The quantitative estimate of drug-likeness (QED) is 0.169. The van der Waals surface area contributed by atoms with Crippen molar-refractivity contribution in [2.45, 2.75) is 13.8 Å². The zero-order chi connectivity index (χ0) is 30.3. The van der Waals surface area contributed by atoms with Gasteiger partial charge in [0.05, 0.1) is 22.4 Å². The zero-order valence-electron chi connectivity index (χ0n) is 25.4. The van der Waals surface area contributed by atoms with Crippen LogP contribution in [-0.4, -0.2) is 19.3 Å². The van der Waals surface area contributed by atoms with E-state index in [2.05, 4.69) is 114 Å². The number of aromatic nitrogens is 4. The Hall–Kier alpha value is -5.25. The number of hydrogen-bond donors (Lipinski definition) is 0. The van der Waals surface area contributed by atoms with E-state index in [0.717, 1.165) is 61.9 Å². The van der Waals surface area contributed by atoms with Crippen LogP contribution in [0.3, 0.4) is 0 Å². The summed E-state index contributed by atoms with van der Waals surface area (Å²) >= 11 is 0. The molecule has 8 rings (SSSR count). The SMILES string of the molecule is Cc1nn(-c2cccc(Oc3ccc4c5ccccc5n(-c5ccccn5)c4c3)c2)c(C)c1-c1ccc(-c2ccccc2)cc1.[Pt]. The Labute approximate surface area is 282 Å². The van der Waals surface area contributed by atoms with Gasteiger partial charge in [-0.3, -0.25) is 4.57 Å². The molecule has 0 saturated heterocycles. The second kappa shape index (κ2) is 12.3. The van der Waals surface area contributed by atoms with Gasteiger partial charge in [0.1, 0.15) is 17.3 Å². The minimum absolute atomic E-state index is 0. The van der Waals surface area contributed by atoms with Crippen molar-refractivity contribution < 1.29 is 25.8 Å². The Bertz CT molecular complexity index is 2310. The third-order valence-corrected chi connectivity index (χ3v) is 8.39. The summed E-state index contributed by atoms with van der Waals surface area (Å²) in [5.74, 6) is 2.37. The topological polar surface area (TPSA) is 44.9 Å². The molecule has 0 aliphatic heterocycles. The van der Waals surface area contributed by atoms with Crippen LogP contribution >= 0.6 is 0 Å². The predicted octanol–water partition coefficient (Wildman–Crippen LogP) is 10.1. The van der Waals surface area contributed by atoms with Crippen LogP contribution in [0.15, 0.2) is 146 Å². The van der Waals surface area contributed by atoms with Crippen molar-refractivity contribution >= 4 is 21.8 Å². The third-order valence-electron chi connectivity index (χ3n) is 8.39. The third kappa shape index (κ3) is 5.23. The minimum atomic E-state index is 0. The van der Waals surface area contributed by atoms with Gasteiger partial charge in [-0.05, 0) is 73.0 Å². The number of para-hydroxylation sites is 1. The number of hydrogen-bond acceptors (Lipinski definition) is 3. The van der Waals surface area contributed by atoms with E-state index in [-0.39, 0.29) is 21.1 Å². The number of aryl methyl sites for hydroxylation is 1. The summed E-state index contributed by atoms with van der Waals surface area (Å²) < 4.78 is 10.7. The van der Waals surface area contributed by atoms with Gasteiger partial charge in [-0.2, -0.15) is 5.10 Å². The van der Waals surface area contributed by atoms with Crippen molar-refractivity contribution in [3.63, 3.8) is 0 Å². The molecule has 0 radical (unpaired) electrons. The van der Waals surface area contributed by atoms with E-state index in [1.165, 1.54) is 16.5 Å². The van der Waals surface area contributed by atoms with Gasteiger partial charge in [0.15, 0.2) is 0 Å². The standard InChI is InChI=1S/C40H30N4O.Pt/c1-27-40(31-20-18-30(19-21-31)29-11-4-3-5-12-29)28(2)44(42-27)32-13-10-14-33(25-32)45-34-22-23-36-35-15-6-7-16-37(35)43(38(36)26-34)39-17-8-9-24-41-39;/h3-26H,1-2H3;. The van der Waals surface area contributed by atoms with E-state index in [1.54, 1.807) is 0 Å². The normalized spacial score (nSPS) is 11.1. The van der Waals surface area contributed by atoms with E-state index in [1.807, 2.05) is 59.4 Å². The molecule has 0 unspecified atom stereocenters. The first kappa shape index (κ1) is 29.5. The summed E-state index contributed by atoms with van der Waals surface area (Å²) in [6.45, 7) is 4.19. The second-order valence-corrected chi connectivity index (χ2v) is 11.2. The van der Waals surface area contributed by atoms with Gasteiger partial charge < -0.3 is 4.74 Å². The molecule has 0 aliphatic rings. The molecule has 3 aromatic heterocycles. The Morgan fingerprint density at radius 2 is 1.26 bits per heavy atom. The van der Waals surface area contributed by atoms with Crippen LogP contribution in [0.2, 0.25) is 0 Å². The largest absolute Gasteiger partial charge is 0.457 e. The van der Waals surface area contributed by atoms with Crippen molar-refractivity contribution in [3.05, 3.63) is 157 Å². The maximum Gasteiger partial charge on any atom is 0.137 e. The fraction of sp³-hybridized carbons (Fsp3) is 0.0500. The summed E-state index contributed by atoms with van der Waals surface area (Å²) in [5, 5.41) is 7.29. The molecule has 0 N–H and O–H groups in total. The molecule has 3 heterocycles. The Morgan fingerprint density at radius 3 is 2.07 bits per heavy atom. The average Bonchev–Trinajstić information content (AvgIpc) is 3.58. The molecule has 0 bridgehead atoms. The molecular formula is C40H30N4OPt. The number of rotatable bonds is 6. The summed E-state index contributed by atoms with van der Waals surface area (Å²) in [6.07, 6.45) is 1.83. The summed E-state index contributed by atoms with van der Waals surface area (Å²) in [7, 11) is 0. The first-order valence-electron chi connectivity index (χ1n) is 15.1. The second-order valence-electron chi connectivity index (χ2n) is 11.2. The first-order chi connectivity index (χ1) is 22.1. The molecule has 0 fully saturated rings. The number of pyridine rings is 1. The van der Waals surface area contributed by atoms with E-state index in [0.29, 0.717) is 0 Å². The molecule has 226 valence electrons. The van der Waals surface area contributed by atoms with Gasteiger partial charge in [0.25, 0.3) is 0 Å². The van der Waals surface area contributed by atoms with Crippen LogP contribution in [-0.2, 0) is 21.1 Å². The van der Waals surface area contributed by atoms with Crippen LogP contribution in [0.5, 0.6) is 11.5 Å². The molecule has 5 nitrogen and oxygen atoms in total. The van der Waals surface area contributed by atoms with Crippen LogP contribution < -0.4 is 4.74 Å². The molecule has 46 heavy (non-hydrogen) atoms. The summed E-state index contributed by atoms with van der Waals surface area (Å²) in [5.41, 5.74) is 9.88. The predicted molar refractivity (Wildman–Crippen MR) is 183 cm³/mol. The molecule has 0 saturated carbocycles.